The summed E-state index contributed by atoms with van der Waals surface area (Å²) in [5.41, 5.74) is -1.89. The molecule has 1 aliphatic rings. The van der Waals surface area contributed by atoms with Gasteiger partial charge in [-0.1, -0.05) is 6.92 Å². The number of carboxylic acids is 1. The molecule has 2 atom stereocenters. The third kappa shape index (κ3) is 3.18. The van der Waals surface area contributed by atoms with E-state index in [1.165, 1.54) is 12.0 Å². The zero-order chi connectivity index (χ0) is 14.8. The fraction of sp³-hybridized carbons (Fsp3) is 0.846. The van der Waals surface area contributed by atoms with E-state index in [0.29, 0.717) is 6.42 Å². The lowest BCUT2D eigenvalue weighted by atomic mass is 9.92. The fourth-order valence-electron chi connectivity index (χ4n) is 2.34. The van der Waals surface area contributed by atoms with E-state index >= 15 is 0 Å². The minimum atomic E-state index is -1.23. The van der Waals surface area contributed by atoms with E-state index in [9.17, 15) is 14.7 Å². The smallest absolute Gasteiger partial charge is 0.411 e. The molecule has 0 aromatic carbocycles. The SMILES string of the molecule is CC[C@@]1(C(=O)O)C[C@@H](OC)CN1C(=O)OC(C)(C)C. The van der Waals surface area contributed by atoms with Crippen molar-refractivity contribution in [3.8, 4) is 0 Å². The van der Waals surface area contributed by atoms with Crippen molar-refractivity contribution in [3.05, 3.63) is 0 Å². The molecule has 0 aliphatic carbocycles. The molecule has 0 aromatic heterocycles. The number of carbonyl (C=O) groups excluding carboxylic acids is 1. The highest BCUT2D eigenvalue weighted by molar-refractivity contribution is 5.85. The molecule has 6 heteroatoms. The van der Waals surface area contributed by atoms with E-state index in [1.807, 2.05) is 0 Å². The number of rotatable bonds is 3. The van der Waals surface area contributed by atoms with Gasteiger partial charge in [0, 0.05) is 13.5 Å². The van der Waals surface area contributed by atoms with Crippen LogP contribution in [0.5, 0.6) is 0 Å². The standard InChI is InChI=1S/C13H23NO5/c1-6-13(10(15)16)7-9(18-5)8-14(13)11(17)19-12(2,3)4/h9H,6-8H2,1-5H3,(H,15,16)/t9-,13+/m1/s1. The van der Waals surface area contributed by atoms with E-state index < -0.39 is 23.2 Å². The van der Waals surface area contributed by atoms with E-state index in [0.717, 1.165) is 0 Å². The van der Waals surface area contributed by atoms with Gasteiger partial charge in [0.2, 0.25) is 0 Å². The van der Waals surface area contributed by atoms with Crippen LogP contribution in [0.15, 0.2) is 0 Å². The van der Waals surface area contributed by atoms with Crippen molar-refractivity contribution in [2.24, 2.45) is 0 Å². The molecule has 1 rings (SSSR count). The van der Waals surface area contributed by atoms with E-state index in [2.05, 4.69) is 0 Å². The monoisotopic (exact) mass is 273 g/mol. The maximum Gasteiger partial charge on any atom is 0.411 e. The quantitative estimate of drug-likeness (QED) is 0.849. The fourth-order valence-corrected chi connectivity index (χ4v) is 2.34. The normalized spacial score (nSPS) is 27.4. The van der Waals surface area contributed by atoms with Crippen LogP contribution in [0.4, 0.5) is 4.79 Å². The molecule has 0 spiro atoms. The maximum absolute atomic E-state index is 12.2. The molecule has 0 bridgehead atoms. The second-order valence-electron chi connectivity index (χ2n) is 5.84. The Morgan fingerprint density at radius 1 is 1.42 bits per heavy atom. The number of likely N-dealkylation sites (tertiary alicyclic amines) is 1. The molecule has 1 aliphatic heterocycles. The van der Waals surface area contributed by atoms with Crippen molar-refractivity contribution >= 4 is 12.1 Å². The average Bonchev–Trinajstić information content (AvgIpc) is 2.66. The second kappa shape index (κ2) is 5.36. The second-order valence-corrected chi connectivity index (χ2v) is 5.84. The van der Waals surface area contributed by atoms with Crippen molar-refractivity contribution < 1.29 is 24.2 Å². The molecule has 1 N–H and O–H groups in total. The summed E-state index contributed by atoms with van der Waals surface area (Å²) < 4.78 is 10.5. The Hall–Kier alpha value is -1.30. The lowest BCUT2D eigenvalue weighted by molar-refractivity contribution is -0.149. The van der Waals surface area contributed by atoms with Crippen molar-refractivity contribution in [1.82, 2.24) is 4.90 Å². The van der Waals surface area contributed by atoms with Gasteiger partial charge < -0.3 is 14.6 Å². The summed E-state index contributed by atoms with van der Waals surface area (Å²) >= 11 is 0. The van der Waals surface area contributed by atoms with Crippen molar-refractivity contribution in [1.29, 1.82) is 0 Å². The minimum Gasteiger partial charge on any atom is -0.479 e. The zero-order valence-corrected chi connectivity index (χ0v) is 12.2. The van der Waals surface area contributed by atoms with Crippen LogP contribution in [-0.4, -0.2) is 53.0 Å². The summed E-state index contributed by atoms with van der Waals surface area (Å²) in [5.74, 6) is -1.01. The molecule has 110 valence electrons. The topological polar surface area (TPSA) is 76.1 Å². The Kier molecular flexibility index (Phi) is 4.45. The first-order chi connectivity index (χ1) is 8.66. The Bertz CT molecular complexity index is 363. The van der Waals surface area contributed by atoms with Crippen LogP contribution in [0.3, 0.4) is 0 Å². The van der Waals surface area contributed by atoms with Gasteiger partial charge in [0.05, 0.1) is 12.6 Å². The van der Waals surface area contributed by atoms with Crippen molar-refractivity contribution in [2.75, 3.05) is 13.7 Å². The number of hydrogen-bond acceptors (Lipinski definition) is 4. The highest BCUT2D eigenvalue weighted by Crippen LogP contribution is 2.35. The number of hydrogen-bond donors (Lipinski definition) is 1. The first-order valence-corrected chi connectivity index (χ1v) is 6.43. The van der Waals surface area contributed by atoms with Crippen molar-refractivity contribution in [2.45, 2.75) is 57.8 Å². The third-order valence-corrected chi connectivity index (χ3v) is 3.40. The molecular weight excluding hydrogens is 250 g/mol. The van der Waals surface area contributed by atoms with E-state index in [-0.39, 0.29) is 19.1 Å². The summed E-state index contributed by atoms with van der Waals surface area (Å²) in [6.45, 7) is 7.25. The van der Waals surface area contributed by atoms with Gasteiger partial charge >= 0.3 is 12.1 Å². The van der Waals surface area contributed by atoms with Gasteiger partial charge in [0.1, 0.15) is 11.1 Å². The minimum absolute atomic E-state index is 0.242. The van der Waals surface area contributed by atoms with Crippen LogP contribution < -0.4 is 0 Å². The summed E-state index contributed by atoms with van der Waals surface area (Å²) in [4.78, 5) is 25.1. The van der Waals surface area contributed by atoms with Gasteiger partial charge in [-0.05, 0) is 27.2 Å². The predicted molar refractivity (Wildman–Crippen MR) is 69.0 cm³/mol. The van der Waals surface area contributed by atoms with Crippen molar-refractivity contribution in [3.63, 3.8) is 0 Å². The number of methoxy groups -OCH3 is 1. The molecule has 1 heterocycles. The number of carboxylic acid groups (broad SMARTS) is 1. The molecule has 1 saturated heterocycles. The van der Waals surface area contributed by atoms with Gasteiger partial charge in [-0.2, -0.15) is 0 Å². The van der Waals surface area contributed by atoms with E-state index in [4.69, 9.17) is 9.47 Å². The molecule has 19 heavy (non-hydrogen) atoms. The zero-order valence-electron chi connectivity index (χ0n) is 12.2. The Labute approximate surface area is 113 Å². The molecule has 0 aromatic rings. The van der Waals surface area contributed by atoms with Crippen LogP contribution in [-0.2, 0) is 14.3 Å². The van der Waals surface area contributed by atoms with Gasteiger partial charge in [-0.3, -0.25) is 4.90 Å². The van der Waals surface area contributed by atoms with Gasteiger partial charge in [-0.15, -0.1) is 0 Å². The summed E-state index contributed by atoms with van der Waals surface area (Å²) in [7, 11) is 1.52. The highest BCUT2D eigenvalue weighted by Gasteiger charge is 2.53. The third-order valence-electron chi connectivity index (χ3n) is 3.40. The number of amides is 1. The largest absolute Gasteiger partial charge is 0.479 e. The molecule has 1 amide bonds. The Morgan fingerprint density at radius 3 is 2.37 bits per heavy atom. The Morgan fingerprint density at radius 2 is 2.00 bits per heavy atom. The molecular formula is C13H23NO5. The average molecular weight is 273 g/mol. The van der Waals surface area contributed by atoms with Crippen LogP contribution >= 0.6 is 0 Å². The lowest BCUT2D eigenvalue weighted by Crippen LogP contribution is -2.53. The molecule has 0 radical (unpaired) electrons. The number of nitrogens with zero attached hydrogens (tertiary/aromatic N) is 1. The number of aliphatic carboxylic acids is 1. The molecule has 1 fully saturated rings. The lowest BCUT2D eigenvalue weighted by Gasteiger charge is -2.34. The van der Waals surface area contributed by atoms with Crippen LogP contribution in [0.25, 0.3) is 0 Å². The summed E-state index contributed by atoms with van der Waals surface area (Å²) in [5, 5.41) is 9.49. The molecule has 0 unspecified atom stereocenters. The van der Waals surface area contributed by atoms with Gasteiger partial charge in [0.25, 0.3) is 0 Å². The number of ether oxygens (including phenoxy) is 2. The predicted octanol–water partition coefficient (Wildman–Crippen LogP) is 1.88. The van der Waals surface area contributed by atoms with E-state index in [1.54, 1.807) is 27.7 Å². The highest BCUT2D eigenvalue weighted by atomic mass is 16.6. The molecule has 6 nitrogen and oxygen atoms in total. The first kappa shape index (κ1) is 15.8. The maximum atomic E-state index is 12.2. The van der Waals surface area contributed by atoms with Crippen LogP contribution in [0.1, 0.15) is 40.5 Å². The summed E-state index contributed by atoms with van der Waals surface area (Å²) in [6, 6.07) is 0. The number of carbonyl (C=O) groups is 2. The summed E-state index contributed by atoms with van der Waals surface area (Å²) in [6.07, 6.45) is -0.268. The molecule has 0 saturated carbocycles. The Balaban J connectivity index is 3.01. The first-order valence-electron chi connectivity index (χ1n) is 6.43. The van der Waals surface area contributed by atoms with Gasteiger partial charge in [0.15, 0.2) is 0 Å². The van der Waals surface area contributed by atoms with Crippen LogP contribution in [0.2, 0.25) is 0 Å². The van der Waals surface area contributed by atoms with Crippen LogP contribution in [0, 0.1) is 0 Å². The van der Waals surface area contributed by atoms with Gasteiger partial charge in [-0.25, -0.2) is 9.59 Å².